The third kappa shape index (κ3) is 2.72. The smallest absolute Gasteiger partial charge is 0.260 e. The van der Waals surface area contributed by atoms with Gasteiger partial charge in [-0.2, -0.15) is 4.98 Å². The van der Waals surface area contributed by atoms with Gasteiger partial charge in [0.2, 0.25) is 5.82 Å². The predicted molar refractivity (Wildman–Crippen MR) is 80.8 cm³/mol. The molecule has 0 atom stereocenters. The maximum atomic E-state index is 5.92. The molecule has 0 fully saturated rings. The third-order valence-corrected chi connectivity index (χ3v) is 3.02. The summed E-state index contributed by atoms with van der Waals surface area (Å²) in [5, 5.41) is 4.01. The van der Waals surface area contributed by atoms with Gasteiger partial charge in [0.1, 0.15) is 5.75 Å². The largest absolute Gasteiger partial charge is 0.494 e. The second kappa shape index (κ2) is 5.66. The van der Waals surface area contributed by atoms with Crippen LogP contribution in [0, 0.1) is 0 Å². The van der Waals surface area contributed by atoms with Gasteiger partial charge in [-0.15, -0.1) is 0 Å². The highest BCUT2D eigenvalue weighted by Gasteiger charge is 2.13. The zero-order chi connectivity index (χ0) is 14.7. The molecule has 0 amide bonds. The maximum absolute atomic E-state index is 5.92. The zero-order valence-corrected chi connectivity index (χ0v) is 11.6. The van der Waals surface area contributed by atoms with Crippen molar-refractivity contribution in [2.45, 2.75) is 6.92 Å². The van der Waals surface area contributed by atoms with Gasteiger partial charge in [0.25, 0.3) is 5.89 Å². The van der Waals surface area contributed by atoms with E-state index in [4.69, 9.17) is 15.0 Å². The lowest BCUT2D eigenvalue weighted by Crippen LogP contribution is -1.91. The second-order valence-electron chi connectivity index (χ2n) is 4.47. The van der Waals surface area contributed by atoms with E-state index >= 15 is 0 Å². The number of nitrogens with two attached hydrogens (primary N) is 1. The number of ether oxygens (including phenoxy) is 1. The molecule has 0 aliphatic rings. The fraction of sp³-hybridized carbons (Fsp3) is 0.125. The van der Waals surface area contributed by atoms with E-state index in [0.29, 0.717) is 24.0 Å². The average molecular weight is 281 g/mol. The summed E-state index contributed by atoms with van der Waals surface area (Å²) in [7, 11) is 0. The van der Waals surface area contributed by atoms with Crippen molar-refractivity contribution in [2.24, 2.45) is 0 Å². The Hall–Kier alpha value is -2.82. The summed E-state index contributed by atoms with van der Waals surface area (Å²) in [6.45, 7) is 2.55. The van der Waals surface area contributed by atoms with Crippen LogP contribution in [0.25, 0.3) is 22.8 Å². The topological polar surface area (TPSA) is 74.2 Å². The van der Waals surface area contributed by atoms with Crippen LogP contribution in [0.3, 0.4) is 0 Å². The summed E-state index contributed by atoms with van der Waals surface area (Å²) in [5.41, 5.74) is 8.10. The molecule has 5 heteroatoms. The SMILES string of the molecule is CCOc1cccc(-c2noc(-c3ccccc3N)n2)c1. The Bertz CT molecular complexity index is 753. The first kappa shape index (κ1) is 13.2. The molecular formula is C16H15N3O2. The van der Waals surface area contributed by atoms with Crippen LogP contribution in [0.2, 0.25) is 0 Å². The number of anilines is 1. The molecule has 0 aliphatic heterocycles. The van der Waals surface area contributed by atoms with Crippen molar-refractivity contribution >= 4 is 5.69 Å². The maximum Gasteiger partial charge on any atom is 0.260 e. The highest BCUT2D eigenvalue weighted by Crippen LogP contribution is 2.27. The number of aromatic nitrogens is 2. The normalized spacial score (nSPS) is 10.5. The molecule has 0 unspecified atom stereocenters. The Morgan fingerprint density at radius 2 is 2.00 bits per heavy atom. The number of benzene rings is 2. The molecule has 106 valence electrons. The molecule has 3 rings (SSSR count). The van der Waals surface area contributed by atoms with Crippen molar-refractivity contribution in [3.8, 4) is 28.6 Å². The van der Waals surface area contributed by atoms with E-state index in [-0.39, 0.29) is 0 Å². The number of rotatable bonds is 4. The molecule has 21 heavy (non-hydrogen) atoms. The van der Waals surface area contributed by atoms with E-state index in [1.54, 1.807) is 6.07 Å². The first-order valence-corrected chi connectivity index (χ1v) is 6.69. The van der Waals surface area contributed by atoms with Crippen molar-refractivity contribution < 1.29 is 9.26 Å². The molecule has 0 aliphatic carbocycles. The Morgan fingerprint density at radius 3 is 2.81 bits per heavy atom. The van der Waals surface area contributed by atoms with Gasteiger partial charge in [-0.05, 0) is 31.2 Å². The first-order valence-electron chi connectivity index (χ1n) is 6.69. The minimum absolute atomic E-state index is 0.407. The summed E-state index contributed by atoms with van der Waals surface area (Å²) >= 11 is 0. The monoisotopic (exact) mass is 281 g/mol. The van der Waals surface area contributed by atoms with Crippen LogP contribution in [0.5, 0.6) is 5.75 Å². The van der Waals surface area contributed by atoms with Crippen molar-refractivity contribution in [2.75, 3.05) is 12.3 Å². The van der Waals surface area contributed by atoms with Crippen molar-refractivity contribution in [1.29, 1.82) is 0 Å². The molecule has 0 saturated carbocycles. The minimum Gasteiger partial charge on any atom is -0.494 e. The molecule has 1 aromatic heterocycles. The third-order valence-electron chi connectivity index (χ3n) is 3.02. The number of hydrogen-bond acceptors (Lipinski definition) is 5. The van der Waals surface area contributed by atoms with Crippen LogP contribution in [-0.4, -0.2) is 16.7 Å². The lowest BCUT2D eigenvalue weighted by Gasteiger charge is -2.03. The molecule has 0 bridgehead atoms. The number of nitrogens with zero attached hydrogens (tertiary/aromatic N) is 2. The van der Waals surface area contributed by atoms with E-state index in [9.17, 15) is 0 Å². The van der Waals surface area contributed by atoms with E-state index in [1.165, 1.54) is 0 Å². The van der Waals surface area contributed by atoms with Gasteiger partial charge < -0.3 is 15.0 Å². The Kier molecular flexibility index (Phi) is 3.55. The summed E-state index contributed by atoms with van der Waals surface area (Å²) in [6.07, 6.45) is 0. The van der Waals surface area contributed by atoms with Crippen LogP contribution in [0.4, 0.5) is 5.69 Å². The molecule has 0 radical (unpaired) electrons. The predicted octanol–water partition coefficient (Wildman–Crippen LogP) is 3.38. The summed E-state index contributed by atoms with van der Waals surface area (Å²) < 4.78 is 10.8. The van der Waals surface area contributed by atoms with Gasteiger partial charge in [0, 0.05) is 11.3 Å². The number of para-hydroxylation sites is 1. The molecule has 2 N–H and O–H groups in total. The minimum atomic E-state index is 0.407. The molecule has 0 saturated heterocycles. The summed E-state index contributed by atoms with van der Waals surface area (Å²) in [5.74, 6) is 1.69. The van der Waals surface area contributed by atoms with Crippen LogP contribution < -0.4 is 10.5 Å². The Labute approximate surface area is 122 Å². The highest BCUT2D eigenvalue weighted by atomic mass is 16.5. The molecule has 2 aromatic carbocycles. The van der Waals surface area contributed by atoms with E-state index in [2.05, 4.69) is 10.1 Å². The fourth-order valence-corrected chi connectivity index (χ4v) is 2.03. The van der Waals surface area contributed by atoms with Crippen LogP contribution in [0.1, 0.15) is 6.92 Å². The molecule has 0 spiro atoms. The molecule has 1 heterocycles. The molecule has 5 nitrogen and oxygen atoms in total. The van der Waals surface area contributed by atoms with Crippen LogP contribution in [-0.2, 0) is 0 Å². The average Bonchev–Trinajstić information content (AvgIpc) is 2.98. The fourth-order valence-electron chi connectivity index (χ4n) is 2.03. The van der Waals surface area contributed by atoms with Gasteiger partial charge in [-0.3, -0.25) is 0 Å². The second-order valence-corrected chi connectivity index (χ2v) is 4.47. The Morgan fingerprint density at radius 1 is 1.14 bits per heavy atom. The first-order chi connectivity index (χ1) is 10.3. The molecular weight excluding hydrogens is 266 g/mol. The van der Waals surface area contributed by atoms with Crippen molar-refractivity contribution in [3.63, 3.8) is 0 Å². The van der Waals surface area contributed by atoms with Gasteiger partial charge in [-0.1, -0.05) is 29.4 Å². The van der Waals surface area contributed by atoms with Gasteiger partial charge in [-0.25, -0.2) is 0 Å². The van der Waals surface area contributed by atoms with Gasteiger partial charge >= 0.3 is 0 Å². The van der Waals surface area contributed by atoms with Crippen LogP contribution in [0.15, 0.2) is 53.1 Å². The lowest BCUT2D eigenvalue weighted by atomic mass is 10.2. The van der Waals surface area contributed by atoms with E-state index in [1.807, 2.05) is 49.4 Å². The number of hydrogen-bond donors (Lipinski definition) is 1. The summed E-state index contributed by atoms with van der Waals surface area (Å²) in [6, 6.07) is 15.0. The van der Waals surface area contributed by atoms with E-state index < -0.39 is 0 Å². The number of nitrogen functional groups attached to an aromatic ring is 1. The summed E-state index contributed by atoms with van der Waals surface area (Å²) in [4.78, 5) is 4.40. The van der Waals surface area contributed by atoms with Gasteiger partial charge in [0.15, 0.2) is 0 Å². The quantitative estimate of drug-likeness (QED) is 0.742. The Balaban J connectivity index is 1.95. The standard InChI is InChI=1S/C16H15N3O2/c1-2-20-12-7-5-6-11(10-12)15-18-16(21-19-15)13-8-3-4-9-14(13)17/h3-10H,2,17H2,1H3. The van der Waals surface area contributed by atoms with E-state index in [0.717, 1.165) is 16.9 Å². The highest BCUT2D eigenvalue weighted by molar-refractivity contribution is 5.71. The van der Waals surface area contributed by atoms with Crippen LogP contribution >= 0.6 is 0 Å². The molecule has 3 aromatic rings. The van der Waals surface area contributed by atoms with Crippen molar-refractivity contribution in [3.05, 3.63) is 48.5 Å². The zero-order valence-electron chi connectivity index (χ0n) is 11.6. The van der Waals surface area contributed by atoms with Gasteiger partial charge in [0.05, 0.1) is 12.2 Å². The van der Waals surface area contributed by atoms with Crippen molar-refractivity contribution in [1.82, 2.24) is 10.1 Å². The lowest BCUT2D eigenvalue weighted by molar-refractivity contribution is 0.340.